The van der Waals surface area contributed by atoms with E-state index >= 15 is 0 Å². The first-order chi connectivity index (χ1) is 13.2. The Balaban J connectivity index is 1.57. The largest absolute Gasteiger partial charge is 0.392 e. The molecule has 5 rings (SSSR count). The van der Waals surface area contributed by atoms with Gasteiger partial charge in [0.2, 0.25) is 0 Å². The van der Waals surface area contributed by atoms with Gasteiger partial charge in [-0.3, -0.25) is 9.89 Å². The fourth-order valence-electron chi connectivity index (χ4n) is 3.47. The number of amides is 1. The van der Waals surface area contributed by atoms with Crippen LogP contribution in [0.25, 0.3) is 32.7 Å². The fraction of sp³-hybridized carbons (Fsp3) is 0.0476. The van der Waals surface area contributed by atoms with Crippen LogP contribution in [0.2, 0.25) is 0 Å². The van der Waals surface area contributed by atoms with Crippen LogP contribution in [0, 0.1) is 0 Å². The molecule has 0 spiro atoms. The van der Waals surface area contributed by atoms with Crippen LogP contribution in [0.3, 0.4) is 0 Å². The minimum atomic E-state index is -0.233. The van der Waals surface area contributed by atoms with Crippen molar-refractivity contribution in [3.8, 4) is 0 Å². The minimum Gasteiger partial charge on any atom is -0.392 e. The van der Waals surface area contributed by atoms with E-state index in [1.165, 1.54) is 0 Å². The summed E-state index contributed by atoms with van der Waals surface area (Å²) in [5.41, 5.74) is 4.41. The molecule has 0 atom stereocenters. The Labute approximate surface area is 153 Å². The molecule has 27 heavy (non-hydrogen) atoms. The molecular formula is C21H16N4O2. The van der Waals surface area contributed by atoms with Gasteiger partial charge in [0.15, 0.2) is 0 Å². The lowest BCUT2D eigenvalue weighted by Gasteiger charge is -2.09. The van der Waals surface area contributed by atoms with Gasteiger partial charge in [-0.2, -0.15) is 0 Å². The van der Waals surface area contributed by atoms with Gasteiger partial charge in [0.1, 0.15) is 0 Å². The summed E-state index contributed by atoms with van der Waals surface area (Å²) in [6.45, 7) is -0.131. The normalized spacial score (nSPS) is 11.4. The van der Waals surface area contributed by atoms with Crippen molar-refractivity contribution in [3.05, 3.63) is 71.9 Å². The monoisotopic (exact) mass is 356 g/mol. The van der Waals surface area contributed by atoms with Crippen LogP contribution >= 0.6 is 0 Å². The first-order valence-corrected chi connectivity index (χ1v) is 8.62. The molecule has 3 aromatic carbocycles. The molecule has 0 fully saturated rings. The van der Waals surface area contributed by atoms with Crippen molar-refractivity contribution in [3.63, 3.8) is 0 Å². The summed E-state index contributed by atoms with van der Waals surface area (Å²) in [4.78, 5) is 17.4. The highest BCUT2D eigenvalue weighted by atomic mass is 16.3. The van der Waals surface area contributed by atoms with E-state index in [9.17, 15) is 9.90 Å². The van der Waals surface area contributed by atoms with Crippen LogP contribution in [-0.2, 0) is 6.61 Å². The summed E-state index contributed by atoms with van der Waals surface area (Å²) in [5, 5.41) is 21.5. The molecule has 5 aromatic rings. The van der Waals surface area contributed by atoms with Crippen LogP contribution < -0.4 is 5.32 Å². The quantitative estimate of drug-likeness (QED) is 0.394. The summed E-state index contributed by atoms with van der Waals surface area (Å²) < 4.78 is 0. The number of H-pyrrole nitrogens is 2. The van der Waals surface area contributed by atoms with E-state index in [-0.39, 0.29) is 12.5 Å². The molecule has 0 saturated carbocycles. The third-order valence-electron chi connectivity index (χ3n) is 4.85. The molecule has 2 heterocycles. The number of aromatic nitrogens is 3. The zero-order chi connectivity index (χ0) is 18.4. The number of rotatable bonds is 3. The number of aliphatic hydroxyl groups is 1. The van der Waals surface area contributed by atoms with E-state index < -0.39 is 0 Å². The number of carbonyl (C=O) groups is 1. The van der Waals surface area contributed by atoms with Crippen molar-refractivity contribution in [1.29, 1.82) is 0 Å². The van der Waals surface area contributed by atoms with Crippen molar-refractivity contribution >= 4 is 44.3 Å². The highest BCUT2D eigenvalue weighted by Crippen LogP contribution is 2.30. The van der Waals surface area contributed by atoms with Crippen molar-refractivity contribution in [2.24, 2.45) is 0 Å². The molecule has 132 valence electrons. The molecule has 0 radical (unpaired) electrons. The standard InChI is InChI=1S/C21H16N4O2/c26-11-14-3-1-2-4-17(14)24-21(27)12-5-7-15-16-8-6-13-10-22-25-19(13)20(16)23-18(15)9-12/h1-10,22,25-26H,11H2,(H,24,27). The van der Waals surface area contributed by atoms with E-state index in [2.05, 4.69) is 15.5 Å². The zero-order valence-electron chi connectivity index (χ0n) is 14.3. The number of nitrogens with one attached hydrogen (secondary N) is 3. The van der Waals surface area contributed by atoms with Gasteiger partial charge in [0.05, 0.1) is 23.2 Å². The molecule has 6 heteroatoms. The molecule has 0 aliphatic rings. The predicted octanol–water partition coefficient (Wildman–Crippen LogP) is 3.94. The number of aromatic amines is 2. The van der Waals surface area contributed by atoms with Gasteiger partial charge in [0, 0.05) is 39.2 Å². The third-order valence-corrected chi connectivity index (χ3v) is 4.85. The molecular weight excluding hydrogens is 340 g/mol. The molecule has 0 aliphatic heterocycles. The number of hydrogen-bond acceptors (Lipinski definition) is 3. The Bertz CT molecular complexity index is 1320. The summed E-state index contributed by atoms with van der Waals surface area (Å²) in [5.74, 6) is -0.233. The molecule has 0 unspecified atom stereocenters. The smallest absolute Gasteiger partial charge is 0.255 e. The minimum absolute atomic E-state index is 0.131. The predicted molar refractivity (Wildman–Crippen MR) is 106 cm³/mol. The average Bonchev–Trinajstić information content (AvgIpc) is 3.31. The summed E-state index contributed by atoms with van der Waals surface area (Å²) >= 11 is 0. The van der Waals surface area contributed by atoms with Crippen LogP contribution in [0.4, 0.5) is 5.69 Å². The van der Waals surface area contributed by atoms with Crippen molar-refractivity contribution in [2.75, 3.05) is 5.32 Å². The van der Waals surface area contributed by atoms with Gasteiger partial charge < -0.3 is 15.5 Å². The first kappa shape index (κ1) is 15.6. The van der Waals surface area contributed by atoms with Crippen LogP contribution in [-0.4, -0.2) is 26.2 Å². The van der Waals surface area contributed by atoms with Gasteiger partial charge in [-0.05, 0) is 18.2 Å². The number of aliphatic hydroxyl groups excluding tert-OH is 1. The van der Waals surface area contributed by atoms with Crippen LogP contribution in [0.1, 0.15) is 15.9 Å². The van der Waals surface area contributed by atoms with Crippen LogP contribution in [0.15, 0.2) is 60.8 Å². The van der Waals surface area contributed by atoms with E-state index in [1.54, 1.807) is 24.3 Å². The van der Waals surface area contributed by atoms with E-state index in [1.807, 2.05) is 36.5 Å². The highest BCUT2D eigenvalue weighted by Gasteiger charge is 2.14. The summed E-state index contributed by atoms with van der Waals surface area (Å²) in [6.07, 6.45) is 1.89. The number of carbonyl (C=O) groups excluding carboxylic acids is 1. The number of para-hydroxylation sites is 1. The zero-order valence-corrected chi connectivity index (χ0v) is 14.3. The van der Waals surface area contributed by atoms with Crippen molar-refractivity contribution < 1.29 is 9.90 Å². The molecule has 1 amide bonds. The maximum absolute atomic E-state index is 12.7. The second-order valence-electron chi connectivity index (χ2n) is 6.45. The Kier molecular flexibility index (Phi) is 3.45. The maximum atomic E-state index is 12.7. The van der Waals surface area contributed by atoms with Crippen molar-refractivity contribution in [2.45, 2.75) is 6.61 Å². The maximum Gasteiger partial charge on any atom is 0.255 e. The lowest BCUT2D eigenvalue weighted by atomic mass is 10.1. The Morgan fingerprint density at radius 1 is 1.07 bits per heavy atom. The van der Waals surface area contributed by atoms with E-state index in [4.69, 9.17) is 4.98 Å². The number of fused-ring (bicyclic) bond motifs is 5. The Morgan fingerprint density at radius 3 is 2.81 bits per heavy atom. The molecule has 0 saturated heterocycles. The lowest BCUT2D eigenvalue weighted by molar-refractivity contribution is 0.102. The number of hydrogen-bond donors (Lipinski definition) is 4. The molecule has 2 aromatic heterocycles. The number of benzene rings is 3. The van der Waals surface area contributed by atoms with E-state index in [0.717, 1.165) is 32.7 Å². The van der Waals surface area contributed by atoms with Gasteiger partial charge in [0.25, 0.3) is 5.91 Å². The molecule has 0 aliphatic carbocycles. The van der Waals surface area contributed by atoms with Gasteiger partial charge in [-0.1, -0.05) is 36.4 Å². The van der Waals surface area contributed by atoms with Crippen molar-refractivity contribution in [1.82, 2.24) is 15.2 Å². The van der Waals surface area contributed by atoms with Gasteiger partial charge in [-0.25, -0.2) is 4.98 Å². The second kappa shape index (κ2) is 5.96. The molecule has 0 bridgehead atoms. The Morgan fingerprint density at radius 2 is 1.93 bits per heavy atom. The fourth-order valence-corrected chi connectivity index (χ4v) is 3.47. The number of anilines is 1. The second-order valence-corrected chi connectivity index (χ2v) is 6.45. The Hall–Kier alpha value is -3.64. The topological polar surface area (TPSA) is 93.8 Å². The van der Waals surface area contributed by atoms with Crippen LogP contribution in [0.5, 0.6) is 0 Å². The average molecular weight is 356 g/mol. The number of nitrogens with zero attached hydrogens (tertiary/aromatic N) is 1. The summed E-state index contributed by atoms with van der Waals surface area (Å²) in [6, 6.07) is 16.8. The lowest BCUT2D eigenvalue weighted by Crippen LogP contribution is -2.13. The third kappa shape index (κ3) is 2.46. The highest BCUT2D eigenvalue weighted by molar-refractivity contribution is 6.17. The molecule has 6 nitrogen and oxygen atoms in total. The molecule has 4 N–H and O–H groups in total. The first-order valence-electron chi connectivity index (χ1n) is 8.62. The van der Waals surface area contributed by atoms with Gasteiger partial charge >= 0.3 is 0 Å². The summed E-state index contributed by atoms with van der Waals surface area (Å²) in [7, 11) is 0. The SMILES string of the molecule is O=C(Nc1ccccc1CO)c1ccc2c(c1)nc1c2ccc2c[nH][nH]c21. The van der Waals surface area contributed by atoms with Gasteiger partial charge in [-0.15, -0.1) is 0 Å². The van der Waals surface area contributed by atoms with E-state index in [0.29, 0.717) is 16.8 Å².